The van der Waals surface area contributed by atoms with Crippen LogP contribution in [0.4, 0.5) is 9.18 Å². The van der Waals surface area contributed by atoms with Crippen molar-refractivity contribution in [3.63, 3.8) is 0 Å². The fraction of sp³-hybridized carbons (Fsp3) is 0.471. The standard InChI is InChI=1S/C17H21FN4O4/c1-9(15(23)21-17(25)20-12-6-7-12)26-16(24)13-8-19-22-14(13)10-2-4-11(18)5-3-10/h2-5,9,12-14,19,22H,6-8H2,1H3,(H2,20,21,23,25). The summed E-state index contributed by atoms with van der Waals surface area (Å²) in [6.07, 6.45) is 0.693. The average Bonchev–Trinajstić information content (AvgIpc) is 3.27. The first-order valence-electron chi connectivity index (χ1n) is 8.49. The first-order valence-corrected chi connectivity index (χ1v) is 8.49. The molecule has 4 N–H and O–H groups in total. The molecule has 140 valence electrons. The Balaban J connectivity index is 1.54. The Kier molecular flexibility index (Phi) is 5.48. The van der Waals surface area contributed by atoms with E-state index in [1.807, 2.05) is 0 Å². The van der Waals surface area contributed by atoms with Gasteiger partial charge < -0.3 is 10.1 Å². The maximum absolute atomic E-state index is 13.1. The summed E-state index contributed by atoms with van der Waals surface area (Å²) in [4.78, 5) is 36.0. The molecule has 0 bridgehead atoms. The molecule has 1 aliphatic carbocycles. The molecule has 8 nitrogen and oxygen atoms in total. The van der Waals surface area contributed by atoms with E-state index in [9.17, 15) is 18.8 Å². The van der Waals surface area contributed by atoms with Crippen LogP contribution in [0.3, 0.4) is 0 Å². The molecule has 1 aromatic rings. The highest BCUT2D eigenvalue weighted by molar-refractivity contribution is 5.97. The van der Waals surface area contributed by atoms with E-state index in [1.165, 1.54) is 19.1 Å². The third-order valence-corrected chi connectivity index (χ3v) is 4.33. The number of hydrogen-bond donors (Lipinski definition) is 4. The quantitative estimate of drug-likeness (QED) is 0.567. The molecular formula is C17H21FN4O4. The monoisotopic (exact) mass is 364 g/mol. The van der Waals surface area contributed by atoms with Crippen LogP contribution in [0, 0.1) is 11.7 Å². The van der Waals surface area contributed by atoms with Gasteiger partial charge in [0, 0.05) is 12.6 Å². The van der Waals surface area contributed by atoms with Crippen LogP contribution in [0.1, 0.15) is 31.4 Å². The number of carbonyl (C=O) groups excluding carboxylic acids is 3. The van der Waals surface area contributed by atoms with Crippen molar-refractivity contribution in [1.29, 1.82) is 0 Å². The number of hydrogen-bond acceptors (Lipinski definition) is 6. The second-order valence-corrected chi connectivity index (χ2v) is 6.48. The van der Waals surface area contributed by atoms with Gasteiger partial charge in [-0.2, -0.15) is 0 Å². The molecule has 2 aliphatic rings. The predicted octanol–water partition coefficient (Wildman–Crippen LogP) is 0.511. The third kappa shape index (κ3) is 4.55. The highest BCUT2D eigenvalue weighted by atomic mass is 19.1. The van der Waals surface area contributed by atoms with E-state index in [0.29, 0.717) is 6.54 Å². The van der Waals surface area contributed by atoms with E-state index in [2.05, 4.69) is 21.5 Å². The van der Waals surface area contributed by atoms with Crippen LogP contribution < -0.4 is 21.5 Å². The molecule has 3 amide bonds. The van der Waals surface area contributed by atoms with Gasteiger partial charge in [-0.25, -0.2) is 14.6 Å². The Labute approximate surface area is 149 Å². The first-order chi connectivity index (χ1) is 12.4. The van der Waals surface area contributed by atoms with E-state index >= 15 is 0 Å². The molecule has 1 heterocycles. The van der Waals surface area contributed by atoms with Crippen LogP contribution in [0.2, 0.25) is 0 Å². The molecule has 3 atom stereocenters. The lowest BCUT2D eigenvalue weighted by molar-refractivity contribution is -0.158. The number of imide groups is 1. The van der Waals surface area contributed by atoms with Gasteiger partial charge in [-0.15, -0.1) is 0 Å². The number of carbonyl (C=O) groups is 3. The van der Waals surface area contributed by atoms with Crippen LogP contribution in [0.25, 0.3) is 0 Å². The van der Waals surface area contributed by atoms with Gasteiger partial charge in [-0.3, -0.25) is 20.3 Å². The maximum Gasteiger partial charge on any atom is 0.321 e. The number of rotatable bonds is 5. The van der Waals surface area contributed by atoms with Gasteiger partial charge in [-0.05, 0) is 37.5 Å². The second-order valence-electron chi connectivity index (χ2n) is 6.48. The highest BCUT2D eigenvalue weighted by Gasteiger charge is 2.37. The van der Waals surface area contributed by atoms with E-state index in [-0.39, 0.29) is 11.9 Å². The molecule has 1 aromatic carbocycles. The number of benzene rings is 1. The fourth-order valence-electron chi connectivity index (χ4n) is 2.68. The number of esters is 1. The van der Waals surface area contributed by atoms with Gasteiger partial charge >= 0.3 is 12.0 Å². The molecule has 2 fully saturated rings. The molecule has 26 heavy (non-hydrogen) atoms. The Hall–Kier alpha value is -2.52. The average molecular weight is 364 g/mol. The van der Waals surface area contributed by atoms with Crippen molar-refractivity contribution >= 4 is 17.9 Å². The third-order valence-electron chi connectivity index (χ3n) is 4.33. The van der Waals surface area contributed by atoms with Crippen molar-refractivity contribution < 1.29 is 23.5 Å². The summed E-state index contributed by atoms with van der Waals surface area (Å²) in [5, 5.41) is 4.78. The van der Waals surface area contributed by atoms with Gasteiger partial charge in [0.25, 0.3) is 5.91 Å². The zero-order valence-electron chi connectivity index (χ0n) is 14.3. The van der Waals surface area contributed by atoms with E-state index in [4.69, 9.17) is 4.74 Å². The molecule has 1 saturated heterocycles. The number of nitrogens with one attached hydrogen (secondary N) is 4. The summed E-state index contributed by atoms with van der Waals surface area (Å²) < 4.78 is 18.3. The van der Waals surface area contributed by atoms with Gasteiger partial charge in [0.2, 0.25) is 0 Å². The zero-order valence-corrected chi connectivity index (χ0v) is 14.3. The number of ether oxygens (including phenoxy) is 1. The van der Waals surface area contributed by atoms with Gasteiger partial charge in [0.1, 0.15) is 5.82 Å². The summed E-state index contributed by atoms with van der Waals surface area (Å²) >= 11 is 0. The Morgan fingerprint density at radius 3 is 2.58 bits per heavy atom. The molecule has 1 aliphatic heterocycles. The van der Waals surface area contributed by atoms with Crippen molar-refractivity contribution in [2.24, 2.45) is 5.92 Å². The fourth-order valence-corrected chi connectivity index (χ4v) is 2.68. The summed E-state index contributed by atoms with van der Waals surface area (Å²) in [5.74, 6) is -2.22. The molecule has 0 aromatic heterocycles. The lowest BCUT2D eigenvalue weighted by Gasteiger charge is -2.20. The summed E-state index contributed by atoms with van der Waals surface area (Å²) in [6, 6.07) is 4.91. The van der Waals surface area contributed by atoms with E-state index in [0.717, 1.165) is 18.4 Å². The summed E-state index contributed by atoms with van der Waals surface area (Å²) in [7, 11) is 0. The SMILES string of the molecule is CC(OC(=O)C1CNNC1c1ccc(F)cc1)C(=O)NC(=O)NC1CC1. The Morgan fingerprint density at radius 1 is 1.23 bits per heavy atom. The predicted molar refractivity (Wildman–Crippen MR) is 89.0 cm³/mol. The molecule has 0 radical (unpaired) electrons. The van der Waals surface area contributed by atoms with Crippen molar-refractivity contribution in [1.82, 2.24) is 21.5 Å². The van der Waals surface area contributed by atoms with Crippen LogP contribution in [0.5, 0.6) is 0 Å². The lowest BCUT2D eigenvalue weighted by Crippen LogP contribution is -2.46. The largest absolute Gasteiger partial charge is 0.452 e. The minimum absolute atomic E-state index is 0.118. The van der Waals surface area contributed by atoms with Gasteiger partial charge in [-0.1, -0.05) is 12.1 Å². The van der Waals surface area contributed by atoms with Gasteiger partial charge in [0.15, 0.2) is 6.10 Å². The van der Waals surface area contributed by atoms with Crippen LogP contribution in [-0.2, 0) is 14.3 Å². The molecular weight excluding hydrogens is 343 g/mol. The first kappa shape index (κ1) is 18.3. The van der Waals surface area contributed by atoms with Gasteiger partial charge in [0.05, 0.1) is 12.0 Å². The Bertz CT molecular complexity index is 693. The van der Waals surface area contributed by atoms with Crippen molar-refractivity contribution in [3.05, 3.63) is 35.6 Å². The smallest absolute Gasteiger partial charge is 0.321 e. The van der Waals surface area contributed by atoms with E-state index in [1.54, 1.807) is 12.1 Å². The topological polar surface area (TPSA) is 109 Å². The van der Waals surface area contributed by atoms with Crippen LogP contribution in [-0.4, -0.2) is 36.6 Å². The number of urea groups is 1. The summed E-state index contributed by atoms with van der Waals surface area (Å²) in [5.41, 5.74) is 6.54. The molecule has 9 heteroatoms. The van der Waals surface area contributed by atoms with Crippen molar-refractivity contribution in [2.75, 3.05) is 6.54 Å². The van der Waals surface area contributed by atoms with Crippen LogP contribution in [0.15, 0.2) is 24.3 Å². The summed E-state index contributed by atoms with van der Waals surface area (Å²) in [6.45, 7) is 1.71. The number of hydrazine groups is 1. The minimum atomic E-state index is -1.11. The van der Waals surface area contributed by atoms with Crippen molar-refractivity contribution in [2.45, 2.75) is 38.0 Å². The molecule has 1 saturated carbocycles. The molecule has 3 unspecified atom stereocenters. The normalized spacial score (nSPS) is 23.2. The van der Waals surface area contributed by atoms with Crippen molar-refractivity contribution in [3.8, 4) is 0 Å². The van der Waals surface area contributed by atoms with Crippen LogP contribution >= 0.6 is 0 Å². The second kappa shape index (κ2) is 7.79. The lowest BCUT2D eigenvalue weighted by atomic mass is 9.95. The minimum Gasteiger partial charge on any atom is -0.452 e. The number of amides is 3. The number of halogens is 1. The highest BCUT2D eigenvalue weighted by Crippen LogP contribution is 2.26. The molecule has 0 spiro atoms. The molecule has 3 rings (SSSR count). The zero-order chi connectivity index (χ0) is 18.7. The van der Waals surface area contributed by atoms with E-state index < -0.39 is 36.0 Å². The Morgan fingerprint density at radius 2 is 1.92 bits per heavy atom. The maximum atomic E-state index is 13.1.